The van der Waals surface area contributed by atoms with Gasteiger partial charge in [-0.05, 0) is 147 Å². The number of rotatable bonds is 2. The van der Waals surface area contributed by atoms with Gasteiger partial charge in [0.2, 0.25) is 0 Å². The summed E-state index contributed by atoms with van der Waals surface area (Å²) in [6.07, 6.45) is 15.9. The molecule has 6 rings (SSSR count). The van der Waals surface area contributed by atoms with Crippen LogP contribution in [0.25, 0.3) is 0 Å². The second kappa shape index (κ2) is 7.52. The van der Waals surface area contributed by atoms with Crippen LogP contribution in [0, 0.1) is 88.8 Å². The molecule has 0 radical (unpaired) electrons. The molecule has 13 atom stereocenters. The van der Waals surface area contributed by atoms with E-state index < -0.39 is 0 Å². The zero-order valence-corrected chi connectivity index (χ0v) is 20.7. The van der Waals surface area contributed by atoms with Crippen LogP contribution in [0.15, 0.2) is 0 Å². The normalized spacial score (nSPS) is 57.1. The fraction of sp³-hybridized carbons (Fsp3) is 1.00. The van der Waals surface area contributed by atoms with Gasteiger partial charge in [-0.25, -0.2) is 0 Å². The van der Waals surface area contributed by atoms with Crippen LogP contribution in [-0.4, -0.2) is 0 Å². The van der Waals surface area contributed by atoms with Crippen LogP contribution in [0.4, 0.5) is 0 Å². The number of hydrogen-bond donors (Lipinski definition) is 0. The van der Waals surface area contributed by atoms with Gasteiger partial charge in [-0.3, -0.25) is 0 Å². The molecule has 0 heterocycles. The van der Waals surface area contributed by atoms with E-state index in [0.717, 1.165) is 88.8 Å². The van der Waals surface area contributed by atoms with E-state index in [1.165, 1.54) is 0 Å². The molecule has 30 heavy (non-hydrogen) atoms. The smallest absolute Gasteiger partial charge is 0.0316 e. The number of hydrogen-bond acceptors (Lipinski definition) is 0. The van der Waals surface area contributed by atoms with E-state index in [1.54, 1.807) is 64.2 Å². The Labute approximate surface area is 187 Å². The monoisotopic (exact) mass is 410 g/mol. The van der Waals surface area contributed by atoms with Crippen LogP contribution in [-0.2, 0) is 0 Å². The van der Waals surface area contributed by atoms with Crippen molar-refractivity contribution < 1.29 is 0 Å². The second-order valence-corrected chi connectivity index (χ2v) is 14.2. The highest BCUT2D eigenvalue weighted by Crippen LogP contribution is 2.71. The molecule has 6 aliphatic carbocycles. The number of fused-ring (bicyclic) bond motifs is 1. The van der Waals surface area contributed by atoms with Crippen molar-refractivity contribution in [1.82, 2.24) is 0 Å². The Kier molecular flexibility index (Phi) is 5.16. The highest BCUT2D eigenvalue weighted by molar-refractivity contribution is 5.13. The van der Waals surface area contributed by atoms with Gasteiger partial charge in [0.1, 0.15) is 0 Å². The summed E-state index contributed by atoms with van der Waals surface area (Å²) in [5.41, 5.74) is 0. The Morgan fingerprint density at radius 2 is 0.933 bits per heavy atom. The van der Waals surface area contributed by atoms with Crippen molar-refractivity contribution in [2.45, 2.75) is 98.8 Å². The second-order valence-electron chi connectivity index (χ2n) is 14.2. The quantitative estimate of drug-likeness (QED) is 0.429. The summed E-state index contributed by atoms with van der Waals surface area (Å²) >= 11 is 0. The molecule has 6 saturated carbocycles. The first-order valence-corrected chi connectivity index (χ1v) is 14.5. The topological polar surface area (TPSA) is 0 Å². The maximum absolute atomic E-state index is 2.71. The molecule has 0 aliphatic heterocycles. The highest BCUT2D eigenvalue weighted by Gasteiger charge is 2.64. The highest BCUT2D eigenvalue weighted by atomic mass is 14.7. The maximum atomic E-state index is 2.71. The van der Waals surface area contributed by atoms with E-state index in [4.69, 9.17) is 0 Å². The predicted molar refractivity (Wildman–Crippen MR) is 127 cm³/mol. The molecule has 0 saturated heterocycles. The van der Waals surface area contributed by atoms with Gasteiger partial charge >= 0.3 is 0 Å². The molecular weight excluding hydrogens is 360 g/mol. The van der Waals surface area contributed by atoms with Crippen molar-refractivity contribution in [1.29, 1.82) is 0 Å². The van der Waals surface area contributed by atoms with Gasteiger partial charge in [0.15, 0.2) is 0 Å². The molecule has 170 valence electrons. The van der Waals surface area contributed by atoms with Gasteiger partial charge in [0, 0.05) is 0 Å². The molecule has 0 heteroatoms. The van der Waals surface area contributed by atoms with Crippen LogP contribution < -0.4 is 0 Å². The molecule has 0 aromatic rings. The lowest BCUT2D eigenvalue weighted by molar-refractivity contribution is -0.201. The van der Waals surface area contributed by atoms with Gasteiger partial charge < -0.3 is 0 Å². The van der Waals surface area contributed by atoms with Crippen molar-refractivity contribution in [2.24, 2.45) is 88.8 Å². The Morgan fingerprint density at radius 1 is 0.467 bits per heavy atom. The summed E-state index contributed by atoms with van der Waals surface area (Å²) in [5, 5.41) is 0. The SMILES string of the molecule is CC(C)C1CC2CCC3CCC(C)C4C3C2C2C(CCC3CCC(C(C)C)C4C32)C1. The molecule has 0 spiro atoms. The third kappa shape index (κ3) is 2.89. The standard InChI is InChI=1S/C30H50/c1-16(2)23-14-21-10-8-19-7-6-18(5)25-26(19)28(21)29-22(15-23)11-9-20-12-13-24(17(3)4)30(25)27(20)29/h16-30H,6-15H2,1-5H3. The van der Waals surface area contributed by atoms with Crippen molar-refractivity contribution >= 4 is 0 Å². The molecular formula is C30H50. The summed E-state index contributed by atoms with van der Waals surface area (Å²) in [7, 11) is 0. The molecule has 6 fully saturated rings. The molecule has 0 aromatic heterocycles. The first kappa shape index (κ1) is 20.6. The summed E-state index contributed by atoms with van der Waals surface area (Å²) in [6.45, 7) is 13.0. The van der Waals surface area contributed by atoms with Gasteiger partial charge in [0.05, 0.1) is 0 Å². The Bertz CT molecular complexity index is 632. The Balaban J connectivity index is 1.48. The lowest BCUT2D eigenvalue weighted by Gasteiger charge is -2.68. The van der Waals surface area contributed by atoms with Crippen molar-refractivity contribution in [2.75, 3.05) is 0 Å². The Hall–Kier alpha value is 0. The first-order valence-electron chi connectivity index (χ1n) is 14.5. The van der Waals surface area contributed by atoms with E-state index in [1.807, 2.05) is 0 Å². The third-order valence-electron chi connectivity index (χ3n) is 12.7. The van der Waals surface area contributed by atoms with E-state index >= 15 is 0 Å². The van der Waals surface area contributed by atoms with Crippen molar-refractivity contribution in [3.05, 3.63) is 0 Å². The van der Waals surface area contributed by atoms with Crippen molar-refractivity contribution in [3.63, 3.8) is 0 Å². The lowest BCUT2D eigenvalue weighted by Crippen LogP contribution is -2.62. The average Bonchev–Trinajstić information content (AvgIpc) is 2.90. The van der Waals surface area contributed by atoms with Crippen LogP contribution in [0.1, 0.15) is 98.8 Å². The Morgan fingerprint density at radius 3 is 1.50 bits per heavy atom. The minimum absolute atomic E-state index is 0.909. The molecule has 0 bridgehead atoms. The maximum Gasteiger partial charge on any atom is -0.0316 e. The fourth-order valence-electron chi connectivity index (χ4n) is 11.7. The largest absolute Gasteiger partial charge is 0.0625 e. The van der Waals surface area contributed by atoms with Crippen LogP contribution in [0.2, 0.25) is 0 Å². The van der Waals surface area contributed by atoms with Crippen LogP contribution in [0.5, 0.6) is 0 Å². The molecule has 0 nitrogen and oxygen atoms in total. The van der Waals surface area contributed by atoms with E-state index in [2.05, 4.69) is 34.6 Å². The predicted octanol–water partition coefficient (Wildman–Crippen LogP) is 8.31. The minimum atomic E-state index is 0.909. The summed E-state index contributed by atoms with van der Waals surface area (Å²) in [4.78, 5) is 0. The molecule has 0 amide bonds. The zero-order valence-electron chi connectivity index (χ0n) is 20.7. The van der Waals surface area contributed by atoms with Crippen molar-refractivity contribution in [3.8, 4) is 0 Å². The van der Waals surface area contributed by atoms with Gasteiger partial charge in [-0.2, -0.15) is 0 Å². The molecule has 6 aliphatic rings. The van der Waals surface area contributed by atoms with Crippen LogP contribution >= 0.6 is 0 Å². The fourth-order valence-corrected chi connectivity index (χ4v) is 11.7. The summed E-state index contributed by atoms with van der Waals surface area (Å²) in [5.74, 6) is 16.1. The molecule has 0 aromatic carbocycles. The molecule has 0 N–H and O–H groups in total. The lowest BCUT2D eigenvalue weighted by atomic mass is 9.37. The van der Waals surface area contributed by atoms with Gasteiger partial charge in [-0.15, -0.1) is 0 Å². The van der Waals surface area contributed by atoms with E-state index in [0.29, 0.717) is 0 Å². The zero-order chi connectivity index (χ0) is 20.7. The van der Waals surface area contributed by atoms with Gasteiger partial charge in [-0.1, -0.05) is 41.0 Å². The minimum Gasteiger partial charge on any atom is -0.0625 e. The third-order valence-corrected chi connectivity index (χ3v) is 12.7. The summed E-state index contributed by atoms with van der Waals surface area (Å²) < 4.78 is 0. The summed E-state index contributed by atoms with van der Waals surface area (Å²) in [6, 6.07) is 0. The van der Waals surface area contributed by atoms with E-state index in [9.17, 15) is 0 Å². The average molecular weight is 411 g/mol. The molecule has 13 unspecified atom stereocenters. The van der Waals surface area contributed by atoms with Gasteiger partial charge in [0.25, 0.3) is 0 Å². The van der Waals surface area contributed by atoms with Crippen LogP contribution in [0.3, 0.4) is 0 Å². The first-order chi connectivity index (χ1) is 14.5. The van der Waals surface area contributed by atoms with E-state index in [-0.39, 0.29) is 0 Å².